The molecule has 1 fully saturated rings. The Morgan fingerprint density at radius 2 is 1.87 bits per heavy atom. The van der Waals surface area contributed by atoms with E-state index in [0.29, 0.717) is 32.4 Å². The summed E-state index contributed by atoms with van der Waals surface area (Å²) in [4.78, 5) is 14.4. The van der Waals surface area contributed by atoms with Gasteiger partial charge in [0.1, 0.15) is 11.6 Å². The first-order valence-corrected chi connectivity index (χ1v) is 12.0. The highest BCUT2D eigenvalue weighted by atomic mass is 35.5. The molecule has 0 bridgehead atoms. The molecule has 168 valence electrons. The molecular formula is C21H24ClF2N3O3S. The number of nitrogens with one attached hydrogen (secondary N) is 2. The van der Waals surface area contributed by atoms with Gasteiger partial charge in [0.05, 0.1) is 17.0 Å². The number of sulfonamides is 1. The molecule has 2 N–H and O–H groups in total. The van der Waals surface area contributed by atoms with Gasteiger partial charge in [0.25, 0.3) is 0 Å². The highest BCUT2D eigenvalue weighted by Gasteiger charge is 2.24. The number of urea groups is 1. The Hall–Kier alpha value is -2.23. The van der Waals surface area contributed by atoms with Gasteiger partial charge in [0.15, 0.2) is 0 Å². The second kappa shape index (κ2) is 9.93. The number of likely N-dealkylation sites (tertiary alicyclic amines) is 1. The van der Waals surface area contributed by atoms with Gasteiger partial charge in [0.2, 0.25) is 10.0 Å². The van der Waals surface area contributed by atoms with Crippen LogP contribution < -0.4 is 10.0 Å². The Morgan fingerprint density at radius 1 is 1.16 bits per heavy atom. The molecule has 2 aromatic carbocycles. The van der Waals surface area contributed by atoms with Crippen LogP contribution in [0.5, 0.6) is 0 Å². The maximum absolute atomic E-state index is 14.3. The molecule has 1 saturated heterocycles. The molecule has 0 spiro atoms. The molecule has 0 saturated carbocycles. The van der Waals surface area contributed by atoms with Gasteiger partial charge in [-0.15, -0.1) is 0 Å². The summed E-state index contributed by atoms with van der Waals surface area (Å²) in [6.45, 7) is 2.35. The van der Waals surface area contributed by atoms with E-state index in [4.69, 9.17) is 11.6 Å². The molecule has 2 aromatic rings. The molecule has 1 atom stereocenters. The van der Waals surface area contributed by atoms with Crippen LogP contribution in [-0.4, -0.2) is 44.2 Å². The first kappa shape index (κ1) is 23.4. The van der Waals surface area contributed by atoms with Crippen LogP contribution in [-0.2, 0) is 10.0 Å². The fourth-order valence-electron chi connectivity index (χ4n) is 3.54. The van der Waals surface area contributed by atoms with Crippen molar-refractivity contribution in [3.8, 4) is 11.1 Å². The highest BCUT2D eigenvalue weighted by molar-refractivity contribution is 7.89. The smallest absolute Gasteiger partial charge is 0.321 e. The first-order valence-electron chi connectivity index (χ1n) is 10.00. The number of amides is 2. The number of benzene rings is 2. The number of rotatable bonds is 5. The third-order valence-corrected chi connectivity index (χ3v) is 6.88. The minimum Gasteiger partial charge on any atom is -0.324 e. The average Bonchev–Trinajstić information content (AvgIpc) is 2.95. The SMILES string of the molecule is CCS(=O)(=O)N[C@H]1CCCN(C(=O)Nc2ccc(Cl)cc2-c2c(F)cccc2F)CC1. The molecule has 6 nitrogen and oxygen atoms in total. The molecule has 0 aliphatic carbocycles. The van der Waals surface area contributed by atoms with Crippen LogP contribution >= 0.6 is 11.6 Å². The predicted molar refractivity (Wildman–Crippen MR) is 118 cm³/mol. The van der Waals surface area contributed by atoms with Crippen LogP contribution in [0.15, 0.2) is 36.4 Å². The highest BCUT2D eigenvalue weighted by Crippen LogP contribution is 2.34. The van der Waals surface area contributed by atoms with Crippen LogP contribution in [0.25, 0.3) is 11.1 Å². The number of anilines is 1. The molecule has 1 aliphatic rings. The van der Waals surface area contributed by atoms with Crippen LogP contribution in [0.2, 0.25) is 5.02 Å². The Morgan fingerprint density at radius 3 is 2.55 bits per heavy atom. The third kappa shape index (κ3) is 5.93. The monoisotopic (exact) mass is 471 g/mol. The average molecular weight is 472 g/mol. The molecule has 2 amide bonds. The summed E-state index contributed by atoms with van der Waals surface area (Å²) in [5.41, 5.74) is 0.0935. The van der Waals surface area contributed by atoms with Crippen LogP contribution in [0.3, 0.4) is 0 Å². The van der Waals surface area contributed by atoms with E-state index in [0.717, 1.165) is 12.1 Å². The molecule has 31 heavy (non-hydrogen) atoms. The van der Waals surface area contributed by atoms with E-state index in [1.165, 1.54) is 24.3 Å². The summed E-state index contributed by atoms with van der Waals surface area (Å²) < 4.78 is 55.0. The minimum atomic E-state index is -3.32. The Balaban J connectivity index is 1.77. The van der Waals surface area contributed by atoms with Gasteiger partial charge in [-0.25, -0.2) is 26.7 Å². The lowest BCUT2D eigenvalue weighted by Crippen LogP contribution is -2.38. The molecule has 0 radical (unpaired) electrons. The van der Waals surface area contributed by atoms with E-state index >= 15 is 0 Å². The minimum absolute atomic E-state index is 0.000348. The number of carbonyl (C=O) groups excluding carboxylic acids is 1. The first-order chi connectivity index (χ1) is 14.7. The predicted octanol–water partition coefficient (Wildman–Crippen LogP) is 4.61. The zero-order valence-corrected chi connectivity index (χ0v) is 18.6. The fourth-order valence-corrected chi connectivity index (χ4v) is 4.62. The van der Waals surface area contributed by atoms with Crippen LogP contribution in [0.4, 0.5) is 19.3 Å². The molecule has 0 unspecified atom stereocenters. The number of hydrogen-bond donors (Lipinski definition) is 2. The molecular weight excluding hydrogens is 448 g/mol. The van der Waals surface area contributed by atoms with Gasteiger partial charge >= 0.3 is 6.03 Å². The number of hydrogen-bond acceptors (Lipinski definition) is 3. The standard InChI is InChI=1S/C21H24ClF2N3O3S/c1-2-31(29,30)26-15-5-4-11-27(12-10-15)21(28)25-19-9-8-14(22)13-16(19)20-17(23)6-3-7-18(20)24/h3,6-9,13,15,26H,2,4-5,10-12H2,1H3,(H,25,28)/t15-/m0/s1. The van der Waals surface area contributed by atoms with E-state index in [1.807, 2.05) is 0 Å². The van der Waals surface area contributed by atoms with Crippen molar-refractivity contribution < 1.29 is 22.0 Å². The van der Waals surface area contributed by atoms with E-state index in [-0.39, 0.29) is 33.6 Å². The van der Waals surface area contributed by atoms with Gasteiger partial charge in [-0.2, -0.15) is 0 Å². The Bertz CT molecular complexity index is 1050. The summed E-state index contributed by atoms with van der Waals surface area (Å²) >= 11 is 6.03. The van der Waals surface area contributed by atoms with Crippen molar-refractivity contribution in [3.05, 3.63) is 53.1 Å². The lowest BCUT2D eigenvalue weighted by atomic mass is 10.0. The Kier molecular flexibility index (Phi) is 7.51. The van der Waals surface area contributed by atoms with Crippen molar-refractivity contribution in [2.45, 2.75) is 32.2 Å². The van der Waals surface area contributed by atoms with Crippen molar-refractivity contribution in [3.63, 3.8) is 0 Å². The summed E-state index contributed by atoms with van der Waals surface area (Å²) in [7, 11) is -3.32. The van der Waals surface area contributed by atoms with Gasteiger partial charge in [-0.1, -0.05) is 17.7 Å². The number of carbonyl (C=O) groups is 1. The molecule has 1 heterocycles. The quantitative estimate of drug-likeness (QED) is 0.668. The summed E-state index contributed by atoms with van der Waals surface area (Å²) in [5, 5.41) is 2.99. The van der Waals surface area contributed by atoms with Crippen molar-refractivity contribution in [2.24, 2.45) is 0 Å². The maximum Gasteiger partial charge on any atom is 0.321 e. The summed E-state index contributed by atoms with van der Waals surface area (Å²) in [5.74, 6) is -1.53. The zero-order chi connectivity index (χ0) is 22.6. The van der Waals surface area contributed by atoms with E-state index in [1.54, 1.807) is 11.8 Å². The van der Waals surface area contributed by atoms with E-state index in [9.17, 15) is 22.0 Å². The molecule has 3 rings (SSSR count). The summed E-state index contributed by atoms with van der Waals surface area (Å²) in [6.07, 6.45) is 1.72. The summed E-state index contributed by atoms with van der Waals surface area (Å²) in [6, 6.07) is 7.29. The number of halogens is 3. The normalized spacial score (nSPS) is 17.3. The van der Waals surface area contributed by atoms with Gasteiger partial charge in [-0.3, -0.25) is 0 Å². The maximum atomic E-state index is 14.3. The van der Waals surface area contributed by atoms with Crippen LogP contribution in [0.1, 0.15) is 26.2 Å². The lowest BCUT2D eigenvalue weighted by Gasteiger charge is -2.22. The van der Waals surface area contributed by atoms with Gasteiger partial charge in [0, 0.05) is 29.7 Å². The fraction of sp³-hybridized carbons (Fsp3) is 0.381. The zero-order valence-electron chi connectivity index (χ0n) is 17.0. The third-order valence-electron chi connectivity index (χ3n) is 5.20. The molecule has 0 aromatic heterocycles. The van der Waals surface area contributed by atoms with Crippen LogP contribution in [0, 0.1) is 11.6 Å². The topological polar surface area (TPSA) is 78.5 Å². The van der Waals surface area contributed by atoms with Crippen molar-refractivity contribution in [1.29, 1.82) is 0 Å². The largest absolute Gasteiger partial charge is 0.324 e. The van der Waals surface area contributed by atoms with Gasteiger partial charge < -0.3 is 10.2 Å². The van der Waals surface area contributed by atoms with E-state index < -0.39 is 27.7 Å². The van der Waals surface area contributed by atoms with Crippen molar-refractivity contribution in [2.75, 3.05) is 24.2 Å². The molecule has 10 heteroatoms. The Labute approximate surface area is 185 Å². The van der Waals surface area contributed by atoms with Crippen molar-refractivity contribution >= 4 is 33.3 Å². The second-order valence-electron chi connectivity index (χ2n) is 7.35. The number of nitrogens with zero attached hydrogens (tertiary/aromatic N) is 1. The van der Waals surface area contributed by atoms with Crippen molar-refractivity contribution in [1.82, 2.24) is 9.62 Å². The van der Waals surface area contributed by atoms with E-state index in [2.05, 4.69) is 10.0 Å². The second-order valence-corrected chi connectivity index (χ2v) is 9.83. The lowest BCUT2D eigenvalue weighted by molar-refractivity contribution is 0.213. The van der Waals surface area contributed by atoms with Gasteiger partial charge in [-0.05, 0) is 56.5 Å². The molecule has 1 aliphatic heterocycles.